The minimum atomic E-state index is 0. The molecule has 2 aromatic rings. The molecule has 2 nitrogen and oxygen atoms in total. The Morgan fingerprint density at radius 3 is 2.42 bits per heavy atom. The molecule has 0 aromatic heterocycles. The van der Waals surface area contributed by atoms with E-state index in [-0.39, 0.29) is 17.0 Å². The fourth-order valence-electron chi connectivity index (χ4n) is 3.46. The lowest BCUT2D eigenvalue weighted by molar-refractivity contribution is 0.162. The Bertz CT molecular complexity index is 561. The monoisotopic (exact) mass is 389 g/mol. The van der Waals surface area contributed by atoms with Crippen molar-refractivity contribution in [1.29, 1.82) is 0 Å². The molecule has 0 bridgehead atoms. The van der Waals surface area contributed by atoms with Gasteiger partial charge in [-0.2, -0.15) is 0 Å². The summed E-state index contributed by atoms with van der Waals surface area (Å²) in [6.07, 6.45) is 5.02. The van der Waals surface area contributed by atoms with Gasteiger partial charge in [-0.15, -0.1) is 17.0 Å². The lowest BCUT2D eigenvalue weighted by atomic mass is 9.91. The van der Waals surface area contributed by atoms with E-state index in [2.05, 4.69) is 35.2 Å². The molecule has 1 unspecified atom stereocenters. The molecule has 1 aliphatic heterocycles. The second-order valence-corrected chi connectivity index (χ2v) is 6.51. The van der Waals surface area contributed by atoms with Gasteiger partial charge in [-0.05, 0) is 55.8 Å². The number of para-hydroxylation sites is 1. The van der Waals surface area contributed by atoms with E-state index >= 15 is 0 Å². The highest BCUT2D eigenvalue weighted by molar-refractivity contribution is 8.93. The number of halogens is 1. The first-order valence-corrected chi connectivity index (χ1v) is 8.84. The van der Waals surface area contributed by atoms with Gasteiger partial charge in [0.15, 0.2) is 0 Å². The van der Waals surface area contributed by atoms with E-state index in [0.717, 1.165) is 31.2 Å². The number of piperidine rings is 1. The molecule has 1 atom stereocenters. The normalized spacial score (nSPS) is 17.9. The molecule has 1 heterocycles. The molecule has 0 radical (unpaired) electrons. The summed E-state index contributed by atoms with van der Waals surface area (Å²) in [6, 6.07) is 21.0. The summed E-state index contributed by atoms with van der Waals surface area (Å²) < 4.78 is 5.79. The number of nitrogens with zero attached hydrogens (tertiary/aromatic N) is 1. The van der Waals surface area contributed by atoms with E-state index < -0.39 is 0 Å². The third-order valence-corrected chi connectivity index (χ3v) is 4.60. The van der Waals surface area contributed by atoms with Crippen molar-refractivity contribution >= 4 is 17.0 Å². The molecule has 3 heteroatoms. The minimum Gasteiger partial charge on any atom is -0.494 e. The van der Waals surface area contributed by atoms with Gasteiger partial charge < -0.3 is 9.64 Å². The fraction of sp³-hybridized carbons (Fsp3) is 0.429. The molecular weight excluding hydrogens is 362 g/mol. The van der Waals surface area contributed by atoms with Crippen LogP contribution in [0.5, 0.6) is 5.75 Å². The molecule has 130 valence electrons. The lowest BCUT2D eigenvalue weighted by Gasteiger charge is -2.32. The Balaban J connectivity index is 0.00000208. The summed E-state index contributed by atoms with van der Waals surface area (Å²) >= 11 is 0. The highest BCUT2D eigenvalue weighted by Gasteiger charge is 2.19. The Hall–Kier alpha value is -1.32. The maximum atomic E-state index is 5.79. The topological polar surface area (TPSA) is 12.5 Å². The van der Waals surface area contributed by atoms with Crippen molar-refractivity contribution in [2.45, 2.75) is 25.7 Å². The molecule has 3 rings (SSSR count). The SMILES string of the molecule is Br.c1ccc(CC2CCCN(CCCOc3ccccc3)C2)cc1. The third-order valence-electron chi connectivity index (χ3n) is 4.60. The smallest absolute Gasteiger partial charge is 0.119 e. The fourth-order valence-corrected chi connectivity index (χ4v) is 3.46. The van der Waals surface area contributed by atoms with Gasteiger partial charge in [0.05, 0.1) is 6.61 Å². The van der Waals surface area contributed by atoms with Crippen LogP contribution in [0.25, 0.3) is 0 Å². The van der Waals surface area contributed by atoms with E-state index in [1.54, 1.807) is 0 Å². The van der Waals surface area contributed by atoms with Crippen LogP contribution in [-0.4, -0.2) is 31.1 Å². The van der Waals surface area contributed by atoms with Crippen molar-refractivity contribution in [2.75, 3.05) is 26.2 Å². The Morgan fingerprint density at radius 1 is 0.958 bits per heavy atom. The van der Waals surface area contributed by atoms with Gasteiger partial charge in [0, 0.05) is 13.1 Å². The molecule has 1 saturated heterocycles. The van der Waals surface area contributed by atoms with Crippen LogP contribution in [0.1, 0.15) is 24.8 Å². The predicted molar refractivity (Wildman–Crippen MR) is 106 cm³/mol. The van der Waals surface area contributed by atoms with Crippen LogP contribution in [0.15, 0.2) is 60.7 Å². The summed E-state index contributed by atoms with van der Waals surface area (Å²) in [5.74, 6) is 1.79. The van der Waals surface area contributed by atoms with E-state index in [9.17, 15) is 0 Å². The molecule has 1 fully saturated rings. The molecule has 0 amide bonds. The summed E-state index contributed by atoms with van der Waals surface area (Å²) in [7, 11) is 0. The second-order valence-electron chi connectivity index (χ2n) is 6.51. The molecule has 0 N–H and O–H groups in total. The molecule has 0 aliphatic carbocycles. The van der Waals surface area contributed by atoms with Crippen LogP contribution in [0, 0.1) is 5.92 Å². The van der Waals surface area contributed by atoms with Gasteiger partial charge in [0.25, 0.3) is 0 Å². The average molecular weight is 390 g/mol. The summed E-state index contributed by atoms with van der Waals surface area (Å²) in [5, 5.41) is 0. The van der Waals surface area contributed by atoms with Gasteiger partial charge in [-0.3, -0.25) is 0 Å². The van der Waals surface area contributed by atoms with Crippen LogP contribution in [0.3, 0.4) is 0 Å². The van der Waals surface area contributed by atoms with Crippen molar-refractivity contribution < 1.29 is 4.74 Å². The van der Waals surface area contributed by atoms with Crippen molar-refractivity contribution in [3.05, 3.63) is 66.2 Å². The van der Waals surface area contributed by atoms with Crippen LogP contribution in [0.2, 0.25) is 0 Å². The highest BCUT2D eigenvalue weighted by atomic mass is 79.9. The summed E-state index contributed by atoms with van der Waals surface area (Å²) in [4.78, 5) is 2.62. The maximum Gasteiger partial charge on any atom is 0.119 e. The van der Waals surface area contributed by atoms with E-state index in [1.807, 2.05) is 30.3 Å². The van der Waals surface area contributed by atoms with E-state index in [4.69, 9.17) is 4.74 Å². The van der Waals surface area contributed by atoms with Crippen molar-refractivity contribution in [3.63, 3.8) is 0 Å². The number of rotatable bonds is 7. The summed E-state index contributed by atoms with van der Waals surface area (Å²) in [6.45, 7) is 4.44. The van der Waals surface area contributed by atoms with Crippen molar-refractivity contribution in [1.82, 2.24) is 4.90 Å². The van der Waals surface area contributed by atoms with Gasteiger partial charge in [0.2, 0.25) is 0 Å². The zero-order chi connectivity index (χ0) is 15.7. The predicted octanol–water partition coefficient (Wildman–Crippen LogP) is 4.99. The highest BCUT2D eigenvalue weighted by Crippen LogP contribution is 2.21. The summed E-state index contributed by atoms with van der Waals surface area (Å²) in [5.41, 5.74) is 1.48. The zero-order valence-electron chi connectivity index (χ0n) is 14.3. The van der Waals surface area contributed by atoms with E-state index in [0.29, 0.717) is 0 Å². The Morgan fingerprint density at radius 2 is 1.67 bits per heavy atom. The standard InChI is InChI=1S/C21H27NO.BrH/c1-3-9-19(10-4-1)17-20-11-7-14-22(18-20)15-8-16-23-21-12-5-2-6-13-21;/h1-6,9-10,12-13,20H,7-8,11,14-18H2;1H. The quantitative estimate of drug-likeness (QED) is 0.618. The van der Waals surface area contributed by atoms with Gasteiger partial charge >= 0.3 is 0 Å². The Kier molecular flexibility index (Phi) is 8.34. The third kappa shape index (κ3) is 6.29. The second kappa shape index (κ2) is 10.5. The first-order chi connectivity index (χ1) is 11.4. The first-order valence-electron chi connectivity index (χ1n) is 8.84. The first kappa shape index (κ1) is 19.0. The Labute approximate surface area is 156 Å². The average Bonchev–Trinajstić information content (AvgIpc) is 2.61. The van der Waals surface area contributed by atoms with Crippen molar-refractivity contribution in [3.8, 4) is 5.75 Å². The van der Waals surface area contributed by atoms with E-state index in [1.165, 1.54) is 37.9 Å². The van der Waals surface area contributed by atoms with Gasteiger partial charge in [-0.25, -0.2) is 0 Å². The molecule has 24 heavy (non-hydrogen) atoms. The van der Waals surface area contributed by atoms with Gasteiger partial charge in [0.1, 0.15) is 5.75 Å². The number of likely N-dealkylation sites (tertiary alicyclic amines) is 1. The van der Waals surface area contributed by atoms with Crippen molar-refractivity contribution in [2.24, 2.45) is 5.92 Å². The van der Waals surface area contributed by atoms with Gasteiger partial charge in [-0.1, -0.05) is 48.5 Å². The number of hydrogen-bond donors (Lipinski definition) is 0. The van der Waals surface area contributed by atoms with Crippen LogP contribution in [0.4, 0.5) is 0 Å². The van der Waals surface area contributed by atoms with Crippen LogP contribution < -0.4 is 4.74 Å². The minimum absolute atomic E-state index is 0. The largest absolute Gasteiger partial charge is 0.494 e. The molecule has 0 spiro atoms. The number of hydrogen-bond acceptors (Lipinski definition) is 2. The maximum absolute atomic E-state index is 5.79. The number of ether oxygens (including phenoxy) is 1. The zero-order valence-corrected chi connectivity index (χ0v) is 16.0. The van der Waals surface area contributed by atoms with Crippen LogP contribution in [-0.2, 0) is 6.42 Å². The molecule has 2 aromatic carbocycles. The molecule has 1 aliphatic rings. The van der Waals surface area contributed by atoms with Crippen LogP contribution >= 0.6 is 17.0 Å². The molecule has 0 saturated carbocycles. The molecular formula is C21H28BrNO. The lowest BCUT2D eigenvalue weighted by Crippen LogP contribution is -2.37. The number of benzene rings is 2.